The third-order valence-electron chi connectivity index (χ3n) is 11.6. The summed E-state index contributed by atoms with van der Waals surface area (Å²) in [5.74, 6) is -4.82. The molecule has 3 fully saturated rings. The van der Waals surface area contributed by atoms with Crippen LogP contribution in [0.2, 0.25) is 0 Å². The fourth-order valence-corrected chi connectivity index (χ4v) is 8.55. The molecule has 0 aliphatic carbocycles. The quantitative estimate of drug-likeness (QED) is 0.115. The van der Waals surface area contributed by atoms with Crippen LogP contribution >= 0.6 is 0 Å². The molecule has 21 nitrogen and oxygen atoms in total. The molecule has 2 N–H and O–H groups in total. The molecule has 0 bridgehead atoms. The lowest BCUT2D eigenvalue weighted by molar-refractivity contribution is -0.376. The molecule has 72 heavy (non-hydrogen) atoms. The molecule has 6 rings (SSSR count). The zero-order chi connectivity index (χ0) is 51.9. The minimum Gasteiger partial charge on any atom is -0.463 e. The van der Waals surface area contributed by atoms with Gasteiger partial charge in [-0.25, -0.2) is 0 Å². The molecule has 1 amide bonds. The van der Waals surface area contributed by atoms with Crippen LogP contribution < -0.4 is 5.32 Å². The number of carbonyl (C=O) groups excluding carboxylic acids is 6. The van der Waals surface area contributed by atoms with Crippen molar-refractivity contribution >= 4 is 35.8 Å². The van der Waals surface area contributed by atoms with Crippen molar-refractivity contribution in [1.82, 2.24) is 5.32 Å². The molecule has 3 aromatic rings. The van der Waals surface area contributed by atoms with Gasteiger partial charge >= 0.3 is 29.8 Å². The van der Waals surface area contributed by atoms with Crippen LogP contribution in [-0.4, -0.2) is 146 Å². The molecular formula is C51H63NO20. The molecule has 0 spiro atoms. The van der Waals surface area contributed by atoms with Crippen molar-refractivity contribution in [3.05, 3.63) is 108 Å². The molecule has 0 radical (unpaired) electrons. The number of amides is 1. The predicted molar refractivity (Wildman–Crippen MR) is 246 cm³/mol. The van der Waals surface area contributed by atoms with E-state index >= 15 is 0 Å². The Morgan fingerprint density at radius 2 is 0.889 bits per heavy atom. The molecule has 21 heteroatoms. The lowest BCUT2D eigenvalue weighted by Crippen LogP contribution is -2.70. The van der Waals surface area contributed by atoms with Gasteiger partial charge in [-0.3, -0.25) is 28.8 Å². The first-order valence-electron chi connectivity index (χ1n) is 23.4. The minimum atomic E-state index is -1.87. The Kier molecular flexibility index (Phi) is 20.6. The van der Waals surface area contributed by atoms with Gasteiger partial charge in [0.2, 0.25) is 5.91 Å². The highest BCUT2D eigenvalue weighted by atomic mass is 16.8. The minimum absolute atomic E-state index is 0.0188. The van der Waals surface area contributed by atoms with E-state index in [4.69, 9.17) is 61.6 Å². The summed E-state index contributed by atoms with van der Waals surface area (Å²) in [6.45, 7) is 7.51. The van der Waals surface area contributed by atoms with Crippen molar-refractivity contribution in [3.8, 4) is 0 Å². The van der Waals surface area contributed by atoms with E-state index in [2.05, 4.69) is 5.32 Å². The summed E-state index contributed by atoms with van der Waals surface area (Å²) < 4.78 is 80.4. The molecular weight excluding hydrogens is 947 g/mol. The molecule has 392 valence electrons. The second-order valence-electron chi connectivity index (χ2n) is 17.4. The van der Waals surface area contributed by atoms with Crippen molar-refractivity contribution in [3.63, 3.8) is 0 Å². The van der Waals surface area contributed by atoms with Gasteiger partial charge in [-0.05, 0) is 23.6 Å². The highest BCUT2D eigenvalue weighted by Crippen LogP contribution is 2.37. The second-order valence-corrected chi connectivity index (χ2v) is 17.4. The van der Waals surface area contributed by atoms with Crippen molar-refractivity contribution in [1.29, 1.82) is 0 Å². The Bertz CT molecular complexity index is 2240. The molecule has 3 aliphatic rings. The summed E-state index contributed by atoms with van der Waals surface area (Å²) in [5.41, 5.74) is 2.49. The van der Waals surface area contributed by atoms with Crippen LogP contribution in [0.5, 0.6) is 0 Å². The third kappa shape index (κ3) is 15.8. The summed E-state index contributed by atoms with van der Waals surface area (Å²) >= 11 is 0. The highest BCUT2D eigenvalue weighted by Gasteiger charge is 2.58. The molecule has 3 aromatic carbocycles. The molecule has 0 unspecified atom stereocenters. The Balaban J connectivity index is 1.46. The van der Waals surface area contributed by atoms with Crippen LogP contribution in [0.15, 0.2) is 91.0 Å². The van der Waals surface area contributed by atoms with Gasteiger partial charge < -0.3 is 72.0 Å². The third-order valence-corrected chi connectivity index (χ3v) is 11.6. The van der Waals surface area contributed by atoms with Gasteiger partial charge in [0.1, 0.15) is 62.0 Å². The molecule has 3 heterocycles. The van der Waals surface area contributed by atoms with Crippen LogP contribution in [-0.2, 0) is 110 Å². The van der Waals surface area contributed by atoms with Crippen LogP contribution in [0.3, 0.4) is 0 Å². The molecule has 0 aromatic heterocycles. The van der Waals surface area contributed by atoms with E-state index in [1.165, 1.54) is 6.92 Å². The Labute approximate surface area is 416 Å². The van der Waals surface area contributed by atoms with Gasteiger partial charge in [0.15, 0.2) is 37.2 Å². The van der Waals surface area contributed by atoms with E-state index in [0.29, 0.717) is 0 Å². The van der Waals surface area contributed by atoms with E-state index in [-0.39, 0.29) is 19.8 Å². The van der Waals surface area contributed by atoms with Crippen LogP contribution in [0.25, 0.3) is 0 Å². The Morgan fingerprint density at radius 1 is 0.472 bits per heavy atom. The van der Waals surface area contributed by atoms with Crippen molar-refractivity contribution < 1.29 is 95.5 Å². The lowest BCUT2D eigenvalue weighted by atomic mass is 9.94. The highest BCUT2D eigenvalue weighted by molar-refractivity contribution is 5.73. The first-order chi connectivity index (χ1) is 34.5. The smallest absolute Gasteiger partial charge is 0.303 e. The van der Waals surface area contributed by atoms with Crippen molar-refractivity contribution in [2.45, 2.75) is 160 Å². The SMILES string of the molecule is CC(=O)N[C@@H]1[C@@H](O[C@@H]2O[C@@H](C)[C@@H](OCc3ccccc3)[C@@H](OCc3ccccc3)[C@@H]2OCc2ccccc2)[C@H](O[C@@H]2O[C@H](COC(C)=O)[C@H](OC(C)=O)[C@H](OC(C)=O)[C@H]2OC(C)=O)[C@@H](COC(C)=O)O[C@H]1O. The fraction of sp³-hybridized carbons (Fsp3) is 0.529. The van der Waals surface area contributed by atoms with E-state index < -0.39 is 141 Å². The van der Waals surface area contributed by atoms with Gasteiger partial charge in [-0.2, -0.15) is 0 Å². The van der Waals surface area contributed by atoms with Crippen LogP contribution in [0.4, 0.5) is 0 Å². The topological polar surface area (TPSA) is 255 Å². The summed E-state index contributed by atoms with van der Waals surface area (Å²) in [6.07, 6.45) is -19.9. The largest absolute Gasteiger partial charge is 0.463 e. The molecule has 3 saturated heterocycles. The number of aliphatic hydroxyl groups is 1. The second kappa shape index (κ2) is 26.7. The average molecular weight is 1010 g/mol. The zero-order valence-electron chi connectivity index (χ0n) is 41.1. The van der Waals surface area contributed by atoms with Gasteiger partial charge in [0, 0.05) is 41.5 Å². The van der Waals surface area contributed by atoms with Crippen molar-refractivity contribution in [2.75, 3.05) is 13.2 Å². The number of esters is 5. The lowest BCUT2D eigenvalue weighted by Gasteiger charge is -2.51. The van der Waals surface area contributed by atoms with E-state index in [0.717, 1.165) is 51.3 Å². The summed E-state index contributed by atoms with van der Waals surface area (Å²) in [5, 5.41) is 14.4. The van der Waals surface area contributed by atoms with E-state index in [1.54, 1.807) is 6.92 Å². The predicted octanol–water partition coefficient (Wildman–Crippen LogP) is 3.13. The molecule has 0 saturated carbocycles. The van der Waals surface area contributed by atoms with E-state index in [1.807, 2.05) is 91.0 Å². The Morgan fingerprint density at radius 3 is 1.36 bits per heavy atom. The summed E-state index contributed by atoms with van der Waals surface area (Å²) in [7, 11) is 0. The molecule has 15 atom stereocenters. The number of carbonyl (C=O) groups is 6. The number of hydrogen-bond acceptors (Lipinski definition) is 20. The summed E-state index contributed by atoms with van der Waals surface area (Å²) in [4.78, 5) is 75.6. The van der Waals surface area contributed by atoms with Crippen LogP contribution in [0.1, 0.15) is 65.2 Å². The Hall–Kier alpha value is -5.88. The first kappa shape index (κ1) is 55.4. The van der Waals surface area contributed by atoms with Gasteiger partial charge in [-0.15, -0.1) is 0 Å². The monoisotopic (exact) mass is 1010 g/mol. The zero-order valence-corrected chi connectivity index (χ0v) is 41.1. The number of aliphatic hydroxyl groups excluding tert-OH is 1. The summed E-state index contributed by atoms with van der Waals surface area (Å²) in [6, 6.07) is 26.7. The number of ether oxygens (including phenoxy) is 13. The maximum atomic E-state index is 13.0. The van der Waals surface area contributed by atoms with Crippen molar-refractivity contribution in [2.24, 2.45) is 0 Å². The normalized spacial score (nSPS) is 30.2. The van der Waals surface area contributed by atoms with Gasteiger partial charge in [0.25, 0.3) is 0 Å². The average Bonchev–Trinajstić information content (AvgIpc) is 3.33. The van der Waals surface area contributed by atoms with Gasteiger partial charge in [0.05, 0.1) is 25.9 Å². The fourth-order valence-electron chi connectivity index (χ4n) is 8.55. The first-order valence-corrected chi connectivity index (χ1v) is 23.4. The standard InChI is InChI=1S/C51H63NO20/c1-28-41(62-23-35-17-11-8-12-18-35)45(63-24-36-19-13-9-14-20-36)47(64-25-37-21-15-10-16-22-37)50(65-28)72-44-40(52-29(2)53)49(59)69-38(26-60-30(3)54)42(44)71-51-48(68-34(7)58)46(67-33(6)57)43(66-32(5)56)39(70-51)27-61-31(4)55/h8-22,28,38-51,59H,23-27H2,1-7H3,(H,52,53)/t28-,38+,39+,40+,41+,42+,43-,44+,45+,46-,47-,48+,49+,50-,51-/m0/s1. The maximum Gasteiger partial charge on any atom is 0.303 e. The molecule has 3 aliphatic heterocycles. The van der Waals surface area contributed by atoms with Gasteiger partial charge in [-0.1, -0.05) is 91.0 Å². The maximum absolute atomic E-state index is 13.0. The number of hydrogen-bond donors (Lipinski definition) is 2. The van der Waals surface area contributed by atoms with E-state index in [9.17, 15) is 33.9 Å². The number of nitrogens with one attached hydrogen (secondary N) is 1. The number of benzene rings is 3. The van der Waals surface area contributed by atoms with Crippen LogP contribution in [0, 0.1) is 0 Å². The number of rotatable bonds is 21.